The third-order valence-corrected chi connectivity index (χ3v) is 5.51. The lowest BCUT2D eigenvalue weighted by molar-refractivity contribution is -0.121. The predicted molar refractivity (Wildman–Crippen MR) is 114 cm³/mol. The number of amides is 3. The highest BCUT2D eigenvalue weighted by Crippen LogP contribution is 2.26. The Balaban J connectivity index is 1.51. The molecule has 2 aromatic carbocycles. The van der Waals surface area contributed by atoms with Crippen LogP contribution < -0.4 is 15.4 Å². The molecule has 6 nitrogen and oxygen atoms in total. The number of aryl methyl sites for hydroxylation is 1. The van der Waals surface area contributed by atoms with E-state index in [1.807, 2.05) is 62.4 Å². The number of methoxy groups -OCH3 is 1. The van der Waals surface area contributed by atoms with Crippen LogP contribution in [0.1, 0.15) is 36.9 Å². The Morgan fingerprint density at radius 1 is 1.07 bits per heavy atom. The van der Waals surface area contributed by atoms with E-state index < -0.39 is 0 Å². The molecule has 1 saturated heterocycles. The molecule has 1 fully saturated rings. The summed E-state index contributed by atoms with van der Waals surface area (Å²) in [6, 6.07) is 15.3. The van der Waals surface area contributed by atoms with Crippen molar-refractivity contribution in [1.82, 2.24) is 10.2 Å². The van der Waals surface area contributed by atoms with Gasteiger partial charge in [0, 0.05) is 19.0 Å². The molecular weight excluding hydrogens is 366 g/mol. The second-order valence-corrected chi connectivity index (χ2v) is 7.48. The van der Waals surface area contributed by atoms with Gasteiger partial charge in [-0.25, -0.2) is 4.79 Å². The van der Waals surface area contributed by atoms with Gasteiger partial charge in [-0.05, 0) is 49.9 Å². The van der Waals surface area contributed by atoms with E-state index in [2.05, 4.69) is 10.6 Å². The number of hydrogen-bond donors (Lipinski definition) is 2. The number of nitrogens with zero attached hydrogens (tertiary/aromatic N) is 1. The maximum absolute atomic E-state index is 12.6. The monoisotopic (exact) mass is 395 g/mol. The van der Waals surface area contributed by atoms with Crippen LogP contribution in [0.5, 0.6) is 5.75 Å². The number of likely N-dealkylation sites (tertiary alicyclic amines) is 1. The molecule has 1 atom stereocenters. The van der Waals surface area contributed by atoms with E-state index in [4.69, 9.17) is 4.74 Å². The topological polar surface area (TPSA) is 70.7 Å². The molecular formula is C23H29N3O3. The van der Waals surface area contributed by atoms with Crippen LogP contribution >= 0.6 is 0 Å². The zero-order chi connectivity index (χ0) is 20.8. The number of para-hydroxylation sites is 2. The van der Waals surface area contributed by atoms with Crippen LogP contribution in [0.15, 0.2) is 48.5 Å². The van der Waals surface area contributed by atoms with E-state index >= 15 is 0 Å². The lowest BCUT2D eigenvalue weighted by Gasteiger charge is -2.32. The minimum Gasteiger partial charge on any atom is -0.495 e. The number of anilines is 1. The van der Waals surface area contributed by atoms with Gasteiger partial charge in [0.15, 0.2) is 0 Å². The van der Waals surface area contributed by atoms with Crippen molar-refractivity contribution in [2.45, 2.75) is 32.7 Å². The predicted octanol–water partition coefficient (Wildman–Crippen LogP) is 4.12. The van der Waals surface area contributed by atoms with Gasteiger partial charge in [0.1, 0.15) is 5.75 Å². The van der Waals surface area contributed by atoms with Crippen molar-refractivity contribution in [1.29, 1.82) is 0 Å². The molecule has 0 aromatic heterocycles. The zero-order valence-corrected chi connectivity index (χ0v) is 17.3. The third kappa shape index (κ3) is 5.08. The molecule has 1 aliphatic rings. The van der Waals surface area contributed by atoms with E-state index in [1.165, 1.54) is 0 Å². The van der Waals surface area contributed by atoms with E-state index in [1.54, 1.807) is 12.0 Å². The summed E-state index contributed by atoms with van der Waals surface area (Å²) in [7, 11) is 1.58. The third-order valence-electron chi connectivity index (χ3n) is 5.51. The minimum atomic E-state index is -0.113. The molecule has 3 amide bonds. The first-order valence-corrected chi connectivity index (χ1v) is 10.0. The first-order chi connectivity index (χ1) is 14.0. The van der Waals surface area contributed by atoms with Gasteiger partial charge in [-0.1, -0.05) is 36.4 Å². The molecule has 2 N–H and O–H groups in total. The summed E-state index contributed by atoms with van der Waals surface area (Å²) in [6.45, 7) is 5.17. The number of carbonyl (C=O) groups is 2. The fraction of sp³-hybridized carbons (Fsp3) is 0.391. The summed E-state index contributed by atoms with van der Waals surface area (Å²) in [6.07, 6.45) is 1.29. The Kier molecular flexibility index (Phi) is 6.75. The number of urea groups is 1. The van der Waals surface area contributed by atoms with Crippen LogP contribution in [-0.4, -0.2) is 37.0 Å². The van der Waals surface area contributed by atoms with Crippen molar-refractivity contribution in [3.63, 3.8) is 0 Å². The van der Waals surface area contributed by atoms with Gasteiger partial charge >= 0.3 is 6.03 Å². The highest BCUT2D eigenvalue weighted by Gasteiger charge is 2.28. The number of hydrogen-bond acceptors (Lipinski definition) is 3. The maximum Gasteiger partial charge on any atom is 0.317 e. The normalized spacial score (nSPS) is 15.5. The fourth-order valence-electron chi connectivity index (χ4n) is 3.75. The van der Waals surface area contributed by atoms with Gasteiger partial charge in [-0.3, -0.25) is 4.79 Å². The van der Waals surface area contributed by atoms with Gasteiger partial charge in [-0.15, -0.1) is 0 Å². The Bertz CT molecular complexity index is 860. The Hall–Kier alpha value is -3.02. The number of benzene rings is 2. The van der Waals surface area contributed by atoms with Gasteiger partial charge in [0.2, 0.25) is 5.91 Å². The van der Waals surface area contributed by atoms with Crippen molar-refractivity contribution < 1.29 is 14.3 Å². The molecule has 29 heavy (non-hydrogen) atoms. The van der Waals surface area contributed by atoms with E-state index in [9.17, 15) is 9.59 Å². The number of nitrogens with one attached hydrogen (secondary N) is 2. The van der Waals surface area contributed by atoms with Crippen molar-refractivity contribution in [2.75, 3.05) is 25.5 Å². The highest BCUT2D eigenvalue weighted by atomic mass is 16.5. The van der Waals surface area contributed by atoms with Crippen LogP contribution in [0, 0.1) is 12.8 Å². The largest absolute Gasteiger partial charge is 0.495 e. The standard InChI is InChI=1S/C23H29N3O3/c1-16-8-4-5-9-19(16)17(2)24-23(28)26-14-12-18(13-15-26)22(27)25-20-10-6-7-11-21(20)29-3/h4-11,17-18H,12-15H2,1-3H3,(H,24,28)(H,25,27). The average molecular weight is 396 g/mol. The molecule has 0 aliphatic carbocycles. The van der Waals surface area contributed by atoms with Crippen LogP contribution in [0.25, 0.3) is 0 Å². The van der Waals surface area contributed by atoms with Crippen molar-refractivity contribution in [3.8, 4) is 5.75 Å². The Morgan fingerprint density at radius 3 is 2.41 bits per heavy atom. The molecule has 0 radical (unpaired) electrons. The van der Waals surface area contributed by atoms with Gasteiger partial charge < -0.3 is 20.3 Å². The lowest BCUT2D eigenvalue weighted by atomic mass is 9.96. The fourth-order valence-corrected chi connectivity index (χ4v) is 3.75. The second kappa shape index (κ2) is 9.45. The van der Waals surface area contributed by atoms with E-state index in [0.717, 1.165) is 11.1 Å². The number of ether oxygens (including phenoxy) is 1. The van der Waals surface area contributed by atoms with E-state index in [-0.39, 0.29) is 23.9 Å². The highest BCUT2D eigenvalue weighted by molar-refractivity contribution is 5.94. The summed E-state index contributed by atoms with van der Waals surface area (Å²) in [5.74, 6) is 0.503. The molecule has 0 bridgehead atoms. The summed E-state index contributed by atoms with van der Waals surface area (Å²) in [5.41, 5.74) is 2.95. The van der Waals surface area contributed by atoms with Gasteiger partial charge in [0.25, 0.3) is 0 Å². The summed E-state index contributed by atoms with van der Waals surface area (Å²) >= 11 is 0. The van der Waals surface area contributed by atoms with Crippen molar-refractivity contribution >= 4 is 17.6 Å². The Morgan fingerprint density at radius 2 is 1.72 bits per heavy atom. The molecule has 0 spiro atoms. The number of rotatable bonds is 5. The average Bonchev–Trinajstić information content (AvgIpc) is 2.74. The zero-order valence-electron chi connectivity index (χ0n) is 17.3. The molecule has 1 unspecified atom stereocenters. The SMILES string of the molecule is COc1ccccc1NC(=O)C1CCN(C(=O)NC(C)c2ccccc2C)CC1. The summed E-state index contributed by atoms with van der Waals surface area (Å²) in [4.78, 5) is 27.1. The molecule has 1 aliphatic heterocycles. The molecule has 6 heteroatoms. The summed E-state index contributed by atoms with van der Waals surface area (Å²) < 4.78 is 5.29. The quantitative estimate of drug-likeness (QED) is 0.800. The number of carbonyl (C=O) groups excluding carboxylic acids is 2. The van der Waals surface area contributed by atoms with Crippen molar-refractivity contribution in [2.24, 2.45) is 5.92 Å². The molecule has 0 saturated carbocycles. The van der Waals surface area contributed by atoms with E-state index in [0.29, 0.717) is 37.4 Å². The van der Waals surface area contributed by atoms with Gasteiger partial charge in [0.05, 0.1) is 18.8 Å². The molecule has 2 aromatic rings. The first-order valence-electron chi connectivity index (χ1n) is 10.0. The molecule has 154 valence electrons. The van der Waals surface area contributed by atoms with Crippen molar-refractivity contribution in [3.05, 3.63) is 59.7 Å². The molecule has 1 heterocycles. The first kappa shape index (κ1) is 20.7. The maximum atomic E-state index is 12.6. The Labute approximate surface area is 172 Å². The van der Waals surface area contributed by atoms with Crippen LogP contribution in [0.2, 0.25) is 0 Å². The summed E-state index contributed by atoms with van der Waals surface area (Å²) in [5, 5.41) is 6.03. The van der Waals surface area contributed by atoms with Crippen LogP contribution in [-0.2, 0) is 4.79 Å². The smallest absolute Gasteiger partial charge is 0.317 e. The number of piperidine rings is 1. The molecule has 3 rings (SSSR count). The van der Waals surface area contributed by atoms with Gasteiger partial charge in [-0.2, -0.15) is 0 Å². The minimum absolute atomic E-state index is 0.0252. The van der Waals surface area contributed by atoms with Crippen LogP contribution in [0.3, 0.4) is 0 Å². The lowest BCUT2D eigenvalue weighted by Crippen LogP contribution is -2.46. The van der Waals surface area contributed by atoms with Crippen LogP contribution in [0.4, 0.5) is 10.5 Å². The second-order valence-electron chi connectivity index (χ2n) is 7.48.